The number of carbonyl (C=O) groups is 2. The van der Waals surface area contributed by atoms with Crippen LogP contribution in [-0.2, 0) is 19.4 Å². The second-order valence-electron chi connectivity index (χ2n) is 5.21. The fourth-order valence-corrected chi connectivity index (χ4v) is 2.10. The van der Waals surface area contributed by atoms with Crippen molar-refractivity contribution < 1.29 is 23.1 Å². The number of anilines is 1. The maximum absolute atomic E-state index is 11.7. The Morgan fingerprint density at radius 1 is 1.20 bits per heavy atom. The molecule has 0 heterocycles. The van der Waals surface area contributed by atoms with Gasteiger partial charge in [-0.1, -0.05) is 0 Å². The van der Waals surface area contributed by atoms with Crippen molar-refractivity contribution >= 4 is 27.4 Å². The van der Waals surface area contributed by atoms with Crippen LogP contribution in [-0.4, -0.2) is 31.7 Å². The number of nitrogens with one attached hydrogen (secondary N) is 1. The highest BCUT2D eigenvalue weighted by molar-refractivity contribution is 7.90. The van der Waals surface area contributed by atoms with Crippen LogP contribution in [0.3, 0.4) is 0 Å². The molecule has 0 unspecified atom stereocenters. The number of carbonyl (C=O) groups excluding carboxylic acids is 1. The molecule has 110 valence electrons. The van der Waals surface area contributed by atoms with Crippen molar-refractivity contribution in [2.75, 3.05) is 11.6 Å². The molecule has 7 heteroatoms. The number of sulfone groups is 1. The zero-order valence-corrected chi connectivity index (χ0v) is 12.3. The van der Waals surface area contributed by atoms with Crippen LogP contribution < -0.4 is 5.32 Å². The minimum Gasteiger partial charge on any atom is -0.481 e. The van der Waals surface area contributed by atoms with E-state index in [1.54, 1.807) is 0 Å². The molecule has 1 aromatic rings. The van der Waals surface area contributed by atoms with Crippen LogP contribution in [0.5, 0.6) is 0 Å². The lowest BCUT2D eigenvalue weighted by Gasteiger charge is -2.18. The summed E-state index contributed by atoms with van der Waals surface area (Å²) in [5.41, 5.74) is -0.736. The summed E-state index contributed by atoms with van der Waals surface area (Å²) in [6, 6.07) is 5.69. The lowest BCUT2D eigenvalue weighted by Crippen LogP contribution is -2.29. The Hall–Kier alpha value is -1.89. The fraction of sp³-hybridized carbons (Fsp3) is 0.385. The Morgan fingerprint density at radius 2 is 1.70 bits per heavy atom. The average Bonchev–Trinajstić information content (AvgIpc) is 2.27. The summed E-state index contributed by atoms with van der Waals surface area (Å²) in [5.74, 6) is -1.50. The predicted octanol–water partition coefficient (Wildman–Crippen LogP) is 1.53. The van der Waals surface area contributed by atoms with Gasteiger partial charge in [0.25, 0.3) is 0 Å². The van der Waals surface area contributed by atoms with E-state index in [1.807, 2.05) is 0 Å². The van der Waals surface area contributed by atoms with E-state index in [4.69, 9.17) is 5.11 Å². The zero-order chi connectivity index (χ0) is 15.6. The summed E-state index contributed by atoms with van der Waals surface area (Å²) in [4.78, 5) is 22.8. The van der Waals surface area contributed by atoms with Crippen molar-refractivity contribution in [3.8, 4) is 0 Å². The first kappa shape index (κ1) is 16.2. The molecule has 2 N–H and O–H groups in total. The lowest BCUT2D eigenvalue weighted by molar-refractivity contribution is -0.148. The first-order valence-corrected chi connectivity index (χ1v) is 7.75. The Morgan fingerprint density at radius 3 is 2.10 bits per heavy atom. The molecule has 1 amide bonds. The molecule has 20 heavy (non-hydrogen) atoms. The molecule has 0 aromatic heterocycles. The number of benzene rings is 1. The molecule has 1 rings (SSSR count). The highest BCUT2D eigenvalue weighted by Gasteiger charge is 2.30. The van der Waals surface area contributed by atoms with Gasteiger partial charge in [0.1, 0.15) is 0 Å². The molecule has 1 aromatic carbocycles. The van der Waals surface area contributed by atoms with Crippen LogP contribution in [0.15, 0.2) is 29.2 Å². The van der Waals surface area contributed by atoms with Gasteiger partial charge in [-0.05, 0) is 38.1 Å². The van der Waals surface area contributed by atoms with E-state index in [1.165, 1.54) is 38.1 Å². The van der Waals surface area contributed by atoms with Gasteiger partial charge in [0.15, 0.2) is 9.84 Å². The van der Waals surface area contributed by atoms with Gasteiger partial charge in [-0.25, -0.2) is 8.42 Å². The van der Waals surface area contributed by atoms with Gasteiger partial charge < -0.3 is 10.4 Å². The van der Waals surface area contributed by atoms with E-state index < -0.39 is 27.1 Å². The van der Waals surface area contributed by atoms with Crippen LogP contribution >= 0.6 is 0 Å². The molecule has 0 saturated heterocycles. The summed E-state index contributed by atoms with van der Waals surface area (Å²) in [6.07, 6.45) is 0.923. The maximum atomic E-state index is 11.7. The monoisotopic (exact) mass is 299 g/mol. The standard InChI is InChI=1S/C13H17NO5S/c1-13(2,12(16)17)8-11(15)14-9-4-6-10(7-5-9)20(3,18)19/h4-7H,8H2,1-3H3,(H,14,15)(H,16,17). The SMILES string of the molecule is CC(C)(CC(=O)Nc1ccc(S(C)(=O)=O)cc1)C(=O)O. The quantitative estimate of drug-likeness (QED) is 0.858. The number of hydrogen-bond donors (Lipinski definition) is 2. The van der Waals surface area contributed by atoms with Gasteiger partial charge >= 0.3 is 5.97 Å². The second-order valence-corrected chi connectivity index (χ2v) is 7.23. The smallest absolute Gasteiger partial charge is 0.309 e. The van der Waals surface area contributed by atoms with Crippen molar-refractivity contribution in [3.63, 3.8) is 0 Å². The topological polar surface area (TPSA) is 101 Å². The summed E-state index contributed by atoms with van der Waals surface area (Å²) < 4.78 is 22.6. The van der Waals surface area contributed by atoms with Gasteiger partial charge in [-0.15, -0.1) is 0 Å². The van der Waals surface area contributed by atoms with E-state index in [0.717, 1.165) is 6.26 Å². The van der Waals surface area contributed by atoms with Gasteiger partial charge in [-0.3, -0.25) is 9.59 Å². The van der Waals surface area contributed by atoms with Gasteiger partial charge in [0, 0.05) is 18.4 Å². The highest BCUT2D eigenvalue weighted by atomic mass is 32.2. The largest absolute Gasteiger partial charge is 0.481 e. The van der Waals surface area contributed by atoms with E-state index in [-0.39, 0.29) is 11.3 Å². The van der Waals surface area contributed by atoms with Gasteiger partial charge in [0.2, 0.25) is 5.91 Å². The highest BCUT2D eigenvalue weighted by Crippen LogP contribution is 2.21. The summed E-state index contributed by atoms with van der Waals surface area (Å²) in [7, 11) is -3.28. The molecule has 0 atom stereocenters. The number of carboxylic acids is 1. The number of hydrogen-bond acceptors (Lipinski definition) is 4. The molecule has 0 radical (unpaired) electrons. The van der Waals surface area contributed by atoms with E-state index in [0.29, 0.717) is 5.69 Å². The molecule has 0 bridgehead atoms. The third-order valence-corrected chi connectivity index (χ3v) is 3.88. The van der Waals surface area contributed by atoms with Crippen LogP contribution in [0.2, 0.25) is 0 Å². The maximum Gasteiger partial charge on any atom is 0.309 e. The van der Waals surface area contributed by atoms with E-state index in [9.17, 15) is 18.0 Å². The van der Waals surface area contributed by atoms with Crippen LogP contribution in [0.25, 0.3) is 0 Å². The molecule has 6 nitrogen and oxygen atoms in total. The molecular weight excluding hydrogens is 282 g/mol. The van der Waals surface area contributed by atoms with Crippen molar-refractivity contribution in [1.82, 2.24) is 0 Å². The first-order valence-electron chi connectivity index (χ1n) is 5.86. The van der Waals surface area contributed by atoms with Gasteiger partial charge in [-0.2, -0.15) is 0 Å². The normalized spacial score (nSPS) is 11.9. The third-order valence-electron chi connectivity index (χ3n) is 2.75. The van der Waals surface area contributed by atoms with Crippen LogP contribution in [0.1, 0.15) is 20.3 Å². The Labute approximate surface area is 117 Å². The minimum absolute atomic E-state index is 0.154. The number of carboxylic acid groups (broad SMARTS) is 1. The molecule has 0 saturated carbocycles. The molecule has 0 aliphatic rings. The Kier molecular flexibility index (Phi) is 4.54. The average molecular weight is 299 g/mol. The first-order chi connectivity index (χ1) is 9.02. The van der Waals surface area contributed by atoms with E-state index in [2.05, 4.69) is 5.32 Å². The van der Waals surface area contributed by atoms with Crippen molar-refractivity contribution in [2.24, 2.45) is 5.41 Å². The van der Waals surface area contributed by atoms with E-state index >= 15 is 0 Å². The summed E-state index contributed by atoms with van der Waals surface area (Å²) in [6.45, 7) is 2.92. The second kappa shape index (κ2) is 5.62. The summed E-state index contributed by atoms with van der Waals surface area (Å²) in [5, 5.41) is 11.5. The number of amides is 1. The number of rotatable bonds is 5. The van der Waals surface area contributed by atoms with Crippen LogP contribution in [0, 0.1) is 5.41 Å². The van der Waals surface area contributed by atoms with Crippen molar-refractivity contribution in [1.29, 1.82) is 0 Å². The fourth-order valence-electron chi connectivity index (χ4n) is 1.47. The Balaban J connectivity index is 2.75. The van der Waals surface area contributed by atoms with Crippen molar-refractivity contribution in [3.05, 3.63) is 24.3 Å². The predicted molar refractivity (Wildman–Crippen MR) is 74.2 cm³/mol. The molecule has 0 spiro atoms. The van der Waals surface area contributed by atoms with Gasteiger partial charge in [0.05, 0.1) is 10.3 Å². The molecular formula is C13H17NO5S. The molecule has 0 aliphatic carbocycles. The lowest BCUT2D eigenvalue weighted by atomic mass is 9.89. The summed E-state index contributed by atoms with van der Waals surface area (Å²) >= 11 is 0. The Bertz CT molecular complexity index is 617. The van der Waals surface area contributed by atoms with Crippen LogP contribution in [0.4, 0.5) is 5.69 Å². The molecule has 0 aliphatic heterocycles. The molecule has 0 fully saturated rings. The van der Waals surface area contributed by atoms with Crippen molar-refractivity contribution in [2.45, 2.75) is 25.2 Å². The minimum atomic E-state index is -3.28. The zero-order valence-electron chi connectivity index (χ0n) is 11.5. The third kappa shape index (κ3) is 4.34. The number of aliphatic carboxylic acids is 1.